The smallest absolute Gasteiger partial charge is 0.410 e. The highest BCUT2D eigenvalue weighted by Crippen LogP contribution is 2.32. The number of nitrogens with one attached hydrogen (secondary N) is 1. The Kier molecular flexibility index (Phi) is 4.45. The molecule has 2 aromatic rings. The normalized spacial score (nSPS) is 18.0. The molecule has 0 saturated carbocycles. The molecule has 1 saturated heterocycles. The van der Waals surface area contributed by atoms with Gasteiger partial charge >= 0.3 is 6.09 Å². The number of amides is 1. The van der Waals surface area contributed by atoms with Gasteiger partial charge in [0.15, 0.2) is 0 Å². The Morgan fingerprint density at radius 3 is 2.67 bits per heavy atom. The third-order valence-electron chi connectivity index (χ3n) is 3.72. The summed E-state index contributed by atoms with van der Waals surface area (Å²) in [6.45, 7) is 6.25. The molecule has 0 aliphatic carbocycles. The highest BCUT2D eigenvalue weighted by molar-refractivity contribution is 6.28. The van der Waals surface area contributed by atoms with Gasteiger partial charge in [0.2, 0.25) is 5.28 Å². The van der Waals surface area contributed by atoms with E-state index in [4.69, 9.17) is 16.3 Å². The molecular weight excluding hydrogens is 330 g/mol. The molecule has 3 heterocycles. The van der Waals surface area contributed by atoms with Crippen LogP contribution in [0.3, 0.4) is 0 Å². The fraction of sp³-hybridized carbons (Fsp3) is 0.500. The van der Waals surface area contributed by atoms with Gasteiger partial charge in [0.25, 0.3) is 0 Å². The number of nitrogens with zero attached hydrogens (tertiary/aromatic N) is 4. The number of carbonyl (C=O) groups excluding carboxylic acids is 1. The minimum atomic E-state index is -0.515. The SMILES string of the molecule is CC(C)(C)OC(=O)N1CCCC1c1ncc(-c2cnc(Cl)nc2)[nH]1. The van der Waals surface area contributed by atoms with Crippen LogP contribution in [0.1, 0.15) is 45.5 Å². The molecule has 1 aliphatic heterocycles. The van der Waals surface area contributed by atoms with Crippen molar-refractivity contribution in [2.75, 3.05) is 6.54 Å². The first kappa shape index (κ1) is 16.7. The molecule has 0 bridgehead atoms. The van der Waals surface area contributed by atoms with Gasteiger partial charge in [0.1, 0.15) is 11.4 Å². The van der Waals surface area contributed by atoms with Crippen molar-refractivity contribution in [1.29, 1.82) is 0 Å². The van der Waals surface area contributed by atoms with Crippen LogP contribution in [0.5, 0.6) is 0 Å². The minimum absolute atomic E-state index is 0.109. The lowest BCUT2D eigenvalue weighted by Crippen LogP contribution is -2.36. The van der Waals surface area contributed by atoms with Crippen molar-refractivity contribution in [3.05, 3.63) is 29.7 Å². The zero-order valence-corrected chi connectivity index (χ0v) is 14.7. The van der Waals surface area contributed by atoms with Gasteiger partial charge in [-0.15, -0.1) is 0 Å². The predicted octanol–water partition coefficient (Wildman–Crippen LogP) is 3.59. The van der Waals surface area contributed by atoms with Crippen LogP contribution in [-0.4, -0.2) is 43.1 Å². The molecule has 0 radical (unpaired) electrons. The average molecular weight is 350 g/mol. The monoisotopic (exact) mass is 349 g/mol. The maximum Gasteiger partial charge on any atom is 0.410 e. The number of aromatic nitrogens is 4. The number of imidazole rings is 1. The molecule has 1 fully saturated rings. The zero-order valence-electron chi connectivity index (χ0n) is 13.9. The summed E-state index contributed by atoms with van der Waals surface area (Å²) in [7, 11) is 0. The second-order valence-corrected chi connectivity index (χ2v) is 7.09. The largest absolute Gasteiger partial charge is 0.444 e. The van der Waals surface area contributed by atoms with Crippen LogP contribution in [0, 0.1) is 0 Å². The number of likely N-dealkylation sites (tertiary alicyclic amines) is 1. The number of ether oxygens (including phenoxy) is 1. The molecule has 24 heavy (non-hydrogen) atoms. The molecule has 128 valence electrons. The van der Waals surface area contributed by atoms with Crippen molar-refractivity contribution >= 4 is 17.7 Å². The van der Waals surface area contributed by atoms with Gasteiger partial charge in [0.05, 0.1) is 17.9 Å². The Bertz CT molecular complexity index is 723. The van der Waals surface area contributed by atoms with E-state index in [9.17, 15) is 4.79 Å². The Morgan fingerprint density at radius 2 is 2.00 bits per heavy atom. The number of aromatic amines is 1. The topological polar surface area (TPSA) is 84.0 Å². The fourth-order valence-electron chi connectivity index (χ4n) is 2.69. The summed E-state index contributed by atoms with van der Waals surface area (Å²) in [5, 5.41) is 0.199. The highest BCUT2D eigenvalue weighted by atomic mass is 35.5. The second kappa shape index (κ2) is 6.39. The van der Waals surface area contributed by atoms with Gasteiger partial charge in [-0.1, -0.05) is 0 Å². The van der Waals surface area contributed by atoms with Crippen LogP contribution in [0.15, 0.2) is 18.6 Å². The number of H-pyrrole nitrogens is 1. The predicted molar refractivity (Wildman–Crippen MR) is 89.5 cm³/mol. The van der Waals surface area contributed by atoms with Crippen molar-refractivity contribution in [1.82, 2.24) is 24.8 Å². The molecular formula is C16H20ClN5O2. The third-order valence-corrected chi connectivity index (χ3v) is 3.92. The van der Waals surface area contributed by atoms with Gasteiger partial charge in [-0.2, -0.15) is 0 Å². The first-order valence-electron chi connectivity index (χ1n) is 7.86. The van der Waals surface area contributed by atoms with Crippen molar-refractivity contribution in [2.24, 2.45) is 0 Å². The van der Waals surface area contributed by atoms with Crippen LogP contribution in [0.25, 0.3) is 11.3 Å². The summed E-state index contributed by atoms with van der Waals surface area (Å²) in [5.41, 5.74) is 1.07. The van der Waals surface area contributed by atoms with Crippen LogP contribution in [0.2, 0.25) is 5.28 Å². The second-order valence-electron chi connectivity index (χ2n) is 6.75. The Balaban J connectivity index is 1.78. The van der Waals surface area contributed by atoms with E-state index in [-0.39, 0.29) is 17.4 Å². The number of carbonyl (C=O) groups is 1. The summed E-state index contributed by atoms with van der Waals surface area (Å²) >= 11 is 5.71. The van der Waals surface area contributed by atoms with Crippen molar-refractivity contribution < 1.29 is 9.53 Å². The highest BCUT2D eigenvalue weighted by Gasteiger charge is 2.34. The first-order chi connectivity index (χ1) is 11.3. The van der Waals surface area contributed by atoms with E-state index in [0.717, 1.165) is 29.9 Å². The van der Waals surface area contributed by atoms with Crippen LogP contribution in [-0.2, 0) is 4.74 Å². The van der Waals surface area contributed by atoms with Gasteiger partial charge in [-0.3, -0.25) is 4.90 Å². The Hall–Kier alpha value is -2.15. The molecule has 1 atom stereocenters. The molecule has 0 aromatic carbocycles. The summed E-state index contributed by atoms with van der Waals surface area (Å²) in [6.07, 6.45) is 6.44. The summed E-state index contributed by atoms with van der Waals surface area (Å²) in [5.74, 6) is 0.739. The summed E-state index contributed by atoms with van der Waals surface area (Å²) < 4.78 is 5.49. The van der Waals surface area contributed by atoms with Gasteiger partial charge in [-0.05, 0) is 45.2 Å². The zero-order chi connectivity index (χ0) is 17.3. The van der Waals surface area contributed by atoms with Gasteiger partial charge < -0.3 is 9.72 Å². The van der Waals surface area contributed by atoms with Crippen molar-refractivity contribution in [3.8, 4) is 11.3 Å². The maximum atomic E-state index is 12.4. The quantitative estimate of drug-likeness (QED) is 0.837. The van der Waals surface area contributed by atoms with Gasteiger partial charge in [0, 0.05) is 24.5 Å². The molecule has 1 amide bonds. The maximum absolute atomic E-state index is 12.4. The molecule has 1 aliphatic rings. The average Bonchev–Trinajstić information content (AvgIpc) is 3.15. The van der Waals surface area contributed by atoms with E-state index >= 15 is 0 Å². The van der Waals surface area contributed by atoms with Gasteiger partial charge in [-0.25, -0.2) is 19.7 Å². The molecule has 3 rings (SSSR count). The lowest BCUT2D eigenvalue weighted by atomic mass is 10.2. The van der Waals surface area contributed by atoms with Crippen LogP contribution < -0.4 is 0 Å². The Morgan fingerprint density at radius 1 is 1.29 bits per heavy atom. The summed E-state index contributed by atoms with van der Waals surface area (Å²) in [4.78, 5) is 29.7. The molecule has 2 aromatic heterocycles. The molecule has 0 spiro atoms. The van der Waals surface area contributed by atoms with E-state index in [1.807, 2.05) is 20.8 Å². The third kappa shape index (κ3) is 3.67. The van der Waals surface area contributed by atoms with Crippen molar-refractivity contribution in [3.63, 3.8) is 0 Å². The van der Waals surface area contributed by atoms with Crippen LogP contribution >= 0.6 is 11.6 Å². The fourth-order valence-corrected chi connectivity index (χ4v) is 2.79. The molecule has 7 nitrogen and oxygen atoms in total. The number of hydrogen-bond donors (Lipinski definition) is 1. The minimum Gasteiger partial charge on any atom is -0.444 e. The van der Waals surface area contributed by atoms with E-state index < -0.39 is 5.60 Å². The number of hydrogen-bond acceptors (Lipinski definition) is 5. The standard InChI is InChI=1S/C16H20ClN5O2/c1-16(2,3)24-15(23)22-6-4-5-12(22)13-18-9-11(21-13)10-7-19-14(17)20-8-10/h7-9,12H,4-6H2,1-3H3,(H,18,21). The van der Waals surface area contributed by atoms with E-state index in [2.05, 4.69) is 19.9 Å². The number of halogens is 1. The first-order valence-corrected chi connectivity index (χ1v) is 8.24. The molecule has 8 heteroatoms. The van der Waals surface area contributed by atoms with Crippen LogP contribution in [0.4, 0.5) is 4.79 Å². The van der Waals surface area contributed by atoms with E-state index in [0.29, 0.717) is 6.54 Å². The summed E-state index contributed by atoms with van der Waals surface area (Å²) in [6, 6.07) is -0.109. The number of rotatable bonds is 2. The lowest BCUT2D eigenvalue weighted by molar-refractivity contribution is 0.0219. The molecule has 1 unspecified atom stereocenters. The van der Waals surface area contributed by atoms with E-state index in [1.54, 1.807) is 23.5 Å². The van der Waals surface area contributed by atoms with E-state index in [1.165, 1.54) is 0 Å². The van der Waals surface area contributed by atoms with Crippen molar-refractivity contribution in [2.45, 2.75) is 45.3 Å². The lowest BCUT2D eigenvalue weighted by Gasteiger charge is -2.27. The Labute approximate surface area is 145 Å². The molecule has 1 N–H and O–H groups in total.